The Balaban J connectivity index is 0.000000864. The fourth-order valence-corrected chi connectivity index (χ4v) is 4.51. The van der Waals surface area contributed by atoms with E-state index in [-0.39, 0.29) is 12.6 Å². The highest BCUT2D eigenvalue weighted by Crippen LogP contribution is 2.10. The van der Waals surface area contributed by atoms with E-state index in [1.807, 2.05) is 38.1 Å². The minimum absolute atomic E-state index is 0.161. The lowest BCUT2D eigenvalue weighted by molar-refractivity contribution is 0.242. The van der Waals surface area contributed by atoms with Gasteiger partial charge < -0.3 is 31.7 Å². The van der Waals surface area contributed by atoms with Gasteiger partial charge in [-0.15, -0.1) is 0 Å². The molecular formula is C42H71N5O. The Morgan fingerprint density at radius 3 is 2.27 bits per heavy atom. The van der Waals surface area contributed by atoms with Crippen LogP contribution in [0.25, 0.3) is 0 Å². The Morgan fingerprint density at radius 1 is 0.979 bits per heavy atom. The molecule has 1 aliphatic rings. The number of aryl methyl sites for hydroxylation is 1. The largest absolute Gasteiger partial charge is 0.395 e. The van der Waals surface area contributed by atoms with Gasteiger partial charge in [0.15, 0.2) is 0 Å². The smallest absolute Gasteiger partial charge is 0.0584 e. The second-order valence-corrected chi connectivity index (χ2v) is 12.2. The summed E-state index contributed by atoms with van der Waals surface area (Å²) in [5.41, 5.74) is 7.78. The molecule has 1 aliphatic heterocycles. The van der Waals surface area contributed by atoms with Gasteiger partial charge in [0.25, 0.3) is 0 Å². The molecule has 1 heterocycles. The predicted molar refractivity (Wildman–Crippen MR) is 213 cm³/mol. The van der Waals surface area contributed by atoms with Gasteiger partial charge >= 0.3 is 0 Å². The van der Waals surface area contributed by atoms with Crippen molar-refractivity contribution in [3.8, 4) is 0 Å². The normalized spacial score (nSPS) is 16.1. The second-order valence-electron chi connectivity index (χ2n) is 12.2. The van der Waals surface area contributed by atoms with Crippen LogP contribution in [0.2, 0.25) is 0 Å². The molecule has 0 aliphatic carbocycles. The molecule has 2 atom stereocenters. The molecule has 0 saturated heterocycles. The molecule has 270 valence electrons. The molecular weight excluding hydrogens is 590 g/mol. The number of likely N-dealkylation sites (N-methyl/N-ethyl adjacent to an activating group) is 1. The maximum atomic E-state index is 9.24. The summed E-state index contributed by atoms with van der Waals surface area (Å²) in [5.74, 6) is 0.685. The first-order valence-electron chi connectivity index (χ1n) is 18.2. The number of hydrogen-bond acceptors (Lipinski definition) is 6. The van der Waals surface area contributed by atoms with Crippen LogP contribution in [0.15, 0.2) is 114 Å². The van der Waals surface area contributed by atoms with E-state index in [1.165, 1.54) is 34.4 Å². The fraction of sp³-hybridized carbons (Fsp3) is 0.524. The third-order valence-corrected chi connectivity index (χ3v) is 7.98. The molecule has 0 bridgehead atoms. The van der Waals surface area contributed by atoms with Gasteiger partial charge in [-0.25, -0.2) is 0 Å². The van der Waals surface area contributed by atoms with E-state index < -0.39 is 0 Å². The summed E-state index contributed by atoms with van der Waals surface area (Å²) >= 11 is 0. The highest BCUT2D eigenvalue weighted by atomic mass is 16.3. The zero-order valence-electron chi connectivity index (χ0n) is 31.8. The number of allylic oxidation sites excluding steroid dienone is 6. The molecule has 6 nitrogen and oxygen atoms in total. The quantitative estimate of drug-likeness (QED) is 0.0640. The third kappa shape index (κ3) is 25.1. The number of aliphatic hydroxyl groups is 1. The highest BCUT2D eigenvalue weighted by Gasteiger charge is 2.07. The number of rotatable bonds is 20. The van der Waals surface area contributed by atoms with Crippen molar-refractivity contribution in [3.63, 3.8) is 0 Å². The van der Waals surface area contributed by atoms with Crippen LogP contribution in [0.5, 0.6) is 0 Å². The third-order valence-electron chi connectivity index (χ3n) is 7.98. The lowest BCUT2D eigenvalue weighted by Crippen LogP contribution is -2.34. The van der Waals surface area contributed by atoms with E-state index in [2.05, 4.69) is 129 Å². The Hall–Kier alpha value is -3.00. The van der Waals surface area contributed by atoms with Gasteiger partial charge in [0.05, 0.1) is 6.61 Å². The van der Waals surface area contributed by atoms with Gasteiger partial charge in [0.1, 0.15) is 0 Å². The van der Waals surface area contributed by atoms with Crippen LogP contribution in [0.1, 0.15) is 73.3 Å². The molecule has 6 heteroatoms. The molecule has 0 spiro atoms. The summed E-state index contributed by atoms with van der Waals surface area (Å²) in [4.78, 5) is 0. The van der Waals surface area contributed by atoms with Crippen molar-refractivity contribution in [1.29, 1.82) is 0 Å². The lowest BCUT2D eigenvalue weighted by atomic mass is 10.0. The monoisotopic (exact) mass is 662 g/mol. The molecule has 0 aromatic heterocycles. The first kappa shape index (κ1) is 45.0. The Morgan fingerprint density at radius 2 is 1.71 bits per heavy atom. The van der Waals surface area contributed by atoms with Crippen molar-refractivity contribution in [1.82, 2.24) is 26.6 Å². The molecule has 1 unspecified atom stereocenters. The van der Waals surface area contributed by atoms with E-state index in [0.717, 1.165) is 70.8 Å². The fourth-order valence-electron chi connectivity index (χ4n) is 4.51. The summed E-state index contributed by atoms with van der Waals surface area (Å²) in [6, 6.07) is 10.4. The first-order chi connectivity index (χ1) is 23.2. The van der Waals surface area contributed by atoms with E-state index in [0.29, 0.717) is 5.92 Å². The second kappa shape index (κ2) is 31.3. The maximum absolute atomic E-state index is 9.24. The number of nitrogens with one attached hydrogen (secondary N) is 5. The van der Waals surface area contributed by atoms with Gasteiger partial charge in [-0.1, -0.05) is 124 Å². The highest BCUT2D eigenvalue weighted by molar-refractivity contribution is 5.29. The van der Waals surface area contributed by atoms with Crippen molar-refractivity contribution in [2.45, 2.75) is 80.7 Å². The molecule has 0 radical (unpaired) electrons. The molecule has 1 aromatic carbocycles. The van der Waals surface area contributed by atoms with Gasteiger partial charge in [-0.05, 0) is 76.1 Å². The van der Waals surface area contributed by atoms with E-state index in [4.69, 9.17) is 0 Å². The van der Waals surface area contributed by atoms with Gasteiger partial charge in [0.2, 0.25) is 0 Å². The predicted octanol–water partition coefficient (Wildman–Crippen LogP) is 7.55. The Bertz CT molecular complexity index is 1130. The summed E-state index contributed by atoms with van der Waals surface area (Å²) in [5, 5.41) is 26.3. The van der Waals surface area contributed by atoms with Crippen molar-refractivity contribution in [3.05, 3.63) is 119 Å². The first-order valence-corrected chi connectivity index (χ1v) is 18.2. The molecule has 6 N–H and O–H groups in total. The molecule has 0 saturated carbocycles. The van der Waals surface area contributed by atoms with Crippen LogP contribution in [-0.4, -0.2) is 70.1 Å². The maximum Gasteiger partial charge on any atom is 0.0584 e. The van der Waals surface area contributed by atoms with Crippen molar-refractivity contribution in [2.24, 2.45) is 5.92 Å². The number of hydrogen-bond donors (Lipinski definition) is 6. The molecule has 0 amide bonds. The van der Waals surface area contributed by atoms with E-state index in [1.54, 1.807) is 0 Å². The number of benzene rings is 1. The topological polar surface area (TPSA) is 80.4 Å². The zero-order valence-corrected chi connectivity index (χ0v) is 31.8. The lowest BCUT2D eigenvalue weighted by Gasteiger charge is -2.20. The van der Waals surface area contributed by atoms with Gasteiger partial charge in [-0.2, -0.15) is 0 Å². The SMILES string of the molecule is C=C(/C=C\C(=C/C)CN[C@@H](CC)CO)CNCCNCC1=CC(C)CCN1.C\C=C/C=C\C(CNCC)=C(/C)CC.Cc1ccccc1. The average Bonchev–Trinajstić information content (AvgIpc) is 3.10. The van der Waals surface area contributed by atoms with Gasteiger partial charge in [0, 0.05) is 57.6 Å². The van der Waals surface area contributed by atoms with Crippen LogP contribution in [0, 0.1) is 12.8 Å². The summed E-state index contributed by atoms with van der Waals surface area (Å²) in [6.45, 7) is 28.7. The minimum atomic E-state index is 0.161. The zero-order chi connectivity index (χ0) is 35.8. The van der Waals surface area contributed by atoms with Crippen molar-refractivity contribution < 1.29 is 5.11 Å². The minimum Gasteiger partial charge on any atom is -0.395 e. The van der Waals surface area contributed by atoms with Crippen LogP contribution in [-0.2, 0) is 0 Å². The van der Waals surface area contributed by atoms with E-state index >= 15 is 0 Å². The van der Waals surface area contributed by atoms with Crippen molar-refractivity contribution >= 4 is 0 Å². The standard InChI is InChI=1S/C22H40N4O.C13H23N.C7H8/c1-5-20(15-26-21(6-2)17-27)8-7-19(4)14-23-11-12-24-16-22-13-18(3)9-10-25-22;1-5-8-9-10-13(11-14-7-3)12(4)6-2;1-7-5-3-2-4-6-7/h5,7-8,13,18,21,23-27H,4,6,9-12,14-17H2,1-3H3;5,8-10,14H,6-7,11H2,1-4H3;2-6H,1H3/b8-7-,20-5+;8-5-,10-9-,13-12-;/t18?,21-;;/m0../s1. The van der Waals surface area contributed by atoms with E-state index in [9.17, 15) is 5.11 Å². The summed E-state index contributed by atoms with van der Waals surface area (Å²) in [7, 11) is 0. The molecule has 2 rings (SSSR count). The van der Waals surface area contributed by atoms with Crippen molar-refractivity contribution in [2.75, 3.05) is 59.0 Å². The van der Waals surface area contributed by atoms with Crippen LogP contribution < -0.4 is 26.6 Å². The summed E-state index contributed by atoms with van der Waals surface area (Å²) in [6.07, 6.45) is 20.3. The molecule has 0 fully saturated rings. The van der Waals surface area contributed by atoms with Crippen LogP contribution in [0.4, 0.5) is 0 Å². The molecule has 48 heavy (non-hydrogen) atoms. The summed E-state index contributed by atoms with van der Waals surface area (Å²) < 4.78 is 0. The Labute approximate surface area is 295 Å². The Kier molecular flexibility index (Phi) is 29.3. The van der Waals surface area contributed by atoms with Gasteiger partial charge in [-0.3, -0.25) is 0 Å². The van der Waals surface area contributed by atoms with Crippen LogP contribution in [0.3, 0.4) is 0 Å². The molecule has 1 aromatic rings. The number of aliphatic hydroxyl groups excluding tert-OH is 1. The average molecular weight is 662 g/mol. The van der Waals surface area contributed by atoms with Crippen LogP contribution >= 0.6 is 0 Å².